The summed E-state index contributed by atoms with van der Waals surface area (Å²) < 4.78 is 0. The molecular formula is C7H7ClN2O3. The molecule has 0 saturated carbocycles. The first-order valence-corrected chi connectivity index (χ1v) is 3.49. The second kappa shape index (κ2) is 5.96. The van der Waals surface area contributed by atoms with Crippen molar-refractivity contribution in [3.63, 3.8) is 0 Å². The van der Waals surface area contributed by atoms with Crippen molar-refractivity contribution in [2.75, 3.05) is 0 Å². The Labute approximate surface area is 79.1 Å². The fourth-order valence-corrected chi connectivity index (χ4v) is 0.782. The van der Waals surface area contributed by atoms with Crippen LogP contribution in [0.15, 0.2) is 18.3 Å². The van der Waals surface area contributed by atoms with Crippen molar-refractivity contribution in [2.45, 2.75) is 0 Å². The van der Waals surface area contributed by atoms with Gasteiger partial charge in [-0.3, -0.25) is 9.59 Å². The van der Waals surface area contributed by atoms with Crippen LogP contribution in [0, 0.1) is 0 Å². The molecule has 0 radical (unpaired) electrons. The molecule has 0 fully saturated rings. The molecule has 1 aromatic rings. The summed E-state index contributed by atoms with van der Waals surface area (Å²) in [5.41, 5.74) is 5.04. The number of amides is 1. The van der Waals surface area contributed by atoms with Crippen molar-refractivity contribution in [3.05, 3.63) is 29.0 Å². The van der Waals surface area contributed by atoms with Crippen molar-refractivity contribution in [1.29, 1.82) is 0 Å². The molecule has 0 aliphatic carbocycles. The average molecular weight is 203 g/mol. The van der Waals surface area contributed by atoms with Crippen molar-refractivity contribution < 1.29 is 14.7 Å². The van der Waals surface area contributed by atoms with E-state index in [-0.39, 0.29) is 17.2 Å². The van der Waals surface area contributed by atoms with Crippen LogP contribution in [0.4, 0.5) is 0 Å². The van der Waals surface area contributed by atoms with E-state index in [4.69, 9.17) is 27.2 Å². The lowest BCUT2D eigenvalue weighted by Crippen LogP contribution is -2.13. The van der Waals surface area contributed by atoms with E-state index < -0.39 is 5.91 Å². The SMILES string of the molecule is NC(=O)c1ncccc1Cl.O=CO. The van der Waals surface area contributed by atoms with Crippen molar-refractivity contribution in [1.82, 2.24) is 4.98 Å². The van der Waals surface area contributed by atoms with E-state index in [9.17, 15) is 4.79 Å². The minimum absolute atomic E-state index is 0.115. The van der Waals surface area contributed by atoms with E-state index in [2.05, 4.69) is 4.98 Å². The Balaban J connectivity index is 0.000000424. The molecule has 0 saturated heterocycles. The quantitative estimate of drug-likeness (QED) is 0.650. The lowest BCUT2D eigenvalue weighted by Gasteiger charge is -1.94. The molecule has 1 amide bonds. The van der Waals surface area contributed by atoms with Crippen LogP contribution in [-0.4, -0.2) is 22.5 Å². The van der Waals surface area contributed by atoms with Gasteiger partial charge >= 0.3 is 0 Å². The van der Waals surface area contributed by atoms with Crippen molar-refractivity contribution in [3.8, 4) is 0 Å². The van der Waals surface area contributed by atoms with E-state index in [1.54, 1.807) is 12.1 Å². The smallest absolute Gasteiger partial charge is 0.290 e. The standard InChI is InChI=1S/C6H5ClN2O.CH2O2/c7-4-2-1-3-9-5(4)6(8)10;2-1-3/h1-3H,(H2,8,10);1H,(H,2,3). The molecule has 70 valence electrons. The summed E-state index contributed by atoms with van der Waals surface area (Å²) in [6.07, 6.45) is 1.46. The molecule has 0 aliphatic heterocycles. The topological polar surface area (TPSA) is 93.3 Å². The predicted molar refractivity (Wildman–Crippen MR) is 46.5 cm³/mol. The maximum Gasteiger partial charge on any atom is 0.290 e. The number of rotatable bonds is 1. The van der Waals surface area contributed by atoms with Crippen LogP contribution in [0.25, 0.3) is 0 Å². The van der Waals surface area contributed by atoms with Gasteiger partial charge in [-0.2, -0.15) is 0 Å². The summed E-state index contributed by atoms with van der Waals surface area (Å²) in [6.45, 7) is -0.250. The lowest BCUT2D eigenvalue weighted by atomic mass is 10.3. The number of hydrogen-bond donors (Lipinski definition) is 2. The Morgan fingerprint density at radius 1 is 1.69 bits per heavy atom. The van der Waals surface area contributed by atoms with Gasteiger partial charge in [-0.1, -0.05) is 11.6 Å². The molecule has 0 atom stereocenters. The number of pyridine rings is 1. The van der Waals surface area contributed by atoms with Gasteiger partial charge in [0, 0.05) is 6.20 Å². The number of carbonyl (C=O) groups is 2. The highest BCUT2D eigenvalue weighted by molar-refractivity contribution is 6.33. The number of halogens is 1. The number of carbonyl (C=O) groups excluding carboxylic acids is 1. The van der Waals surface area contributed by atoms with Gasteiger partial charge in [0.2, 0.25) is 0 Å². The van der Waals surface area contributed by atoms with Gasteiger partial charge in [0.25, 0.3) is 12.4 Å². The number of nitrogens with zero attached hydrogens (tertiary/aromatic N) is 1. The van der Waals surface area contributed by atoms with Gasteiger partial charge in [0.15, 0.2) is 0 Å². The zero-order valence-electron chi connectivity index (χ0n) is 6.48. The van der Waals surface area contributed by atoms with Crippen molar-refractivity contribution in [2.24, 2.45) is 5.73 Å². The number of hydrogen-bond acceptors (Lipinski definition) is 3. The maximum absolute atomic E-state index is 10.5. The first kappa shape index (κ1) is 11.4. The minimum Gasteiger partial charge on any atom is -0.483 e. The summed E-state index contributed by atoms with van der Waals surface area (Å²) in [5.74, 6) is -0.606. The van der Waals surface area contributed by atoms with E-state index in [1.807, 2.05) is 0 Å². The number of carboxylic acid groups (broad SMARTS) is 1. The third kappa shape index (κ3) is 4.07. The summed E-state index contributed by atoms with van der Waals surface area (Å²) in [4.78, 5) is 22.5. The highest BCUT2D eigenvalue weighted by Crippen LogP contribution is 2.10. The molecule has 1 aromatic heterocycles. The highest BCUT2D eigenvalue weighted by atomic mass is 35.5. The van der Waals surface area contributed by atoms with Crippen LogP contribution in [0.5, 0.6) is 0 Å². The van der Waals surface area contributed by atoms with Crippen LogP contribution in [0.3, 0.4) is 0 Å². The maximum atomic E-state index is 10.5. The molecule has 13 heavy (non-hydrogen) atoms. The van der Waals surface area contributed by atoms with E-state index in [0.717, 1.165) is 0 Å². The average Bonchev–Trinajstić information content (AvgIpc) is 2.06. The van der Waals surface area contributed by atoms with Gasteiger partial charge in [-0.05, 0) is 12.1 Å². The summed E-state index contributed by atoms with van der Waals surface area (Å²) in [7, 11) is 0. The van der Waals surface area contributed by atoms with E-state index in [1.165, 1.54) is 6.20 Å². The van der Waals surface area contributed by atoms with Gasteiger partial charge in [-0.15, -0.1) is 0 Å². The first-order valence-electron chi connectivity index (χ1n) is 3.11. The second-order valence-electron chi connectivity index (χ2n) is 1.80. The highest BCUT2D eigenvalue weighted by Gasteiger charge is 2.04. The number of aromatic nitrogens is 1. The summed E-state index contributed by atoms with van der Waals surface area (Å²) in [6, 6.07) is 3.20. The molecule has 0 aliphatic rings. The number of primary amides is 1. The first-order chi connectivity index (χ1) is 6.13. The monoisotopic (exact) mass is 202 g/mol. The molecule has 1 rings (SSSR count). The van der Waals surface area contributed by atoms with Crippen molar-refractivity contribution >= 4 is 24.0 Å². The fraction of sp³-hybridized carbons (Fsp3) is 0. The van der Waals surface area contributed by atoms with Crippen LogP contribution in [-0.2, 0) is 4.79 Å². The van der Waals surface area contributed by atoms with Gasteiger partial charge in [-0.25, -0.2) is 4.98 Å². The molecule has 0 spiro atoms. The molecule has 1 heterocycles. The Morgan fingerprint density at radius 3 is 2.54 bits per heavy atom. The van der Waals surface area contributed by atoms with E-state index >= 15 is 0 Å². The van der Waals surface area contributed by atoms with Gasteiger partial charge < -0.3 is 10.8 Å². The number of nitrogens with two attached hydrogens (primary N) is 1. The van der Waals surface area contributed by atoms with Crippen LogP contribution in [0.2, 0.25) is 5.02 Å². The Hall–Kier alpha value is -1.62. The van der Waals surface area contributed by atoms with Crippen LogP contribution in [0.1, 0.15) is 10.5 Å². The predicted octanol–water partition coefficient (Wildman–Crippen LogP) is 0.535. The second-order valence-corrected chi connectivity index (χ2v) is 2.21. The molecule has 6 heteroatoms. The van der Waals surface area contributed by atoms with Crippen LogP contribution >= 0.6 is 11.6 Å². The third-order valence-corrected chi connectivity index (χ3v) is 1.30. The zero-order valence-corrected chi connectivity index (χ0v) is 7.23. The lowest BCUT2D eigenvalue weighted by molar-refractivity contribution is -0.122. The fourth-order valence-electron chi connectivity index (χ4n) is 0.567. The molecule has 3 N–H and O–H groups in total. The summed E-state index contributed by atoms with van der Waals surface area (Å²) in [5, 5.41) is 7.18. The molecule has 0 aromatic carbocycles. The van der Waals surface area contributed by atoms with Gasteiger partial charge in [0.05, 0.1) is 5.02 Å². The minimum atomic E-state index is -0.606. The molecule has 0 unspecified atom stereocenters. The van der Waals surface area contributed by atoms with Crippen LogP contribution < -0.4 is 5.73 Å². The third-order valence-electron chi connectivity index (χ3n) is 0.992. The zero-order chi connectivity index (χ0) is 10.3. The Kier molecular flexibility index (Phi) is 5.22. The normalized spacial score (nSPS) is 8.08. The summed E-state index contributed by atoms with van der Waals surface area (Å²) >= 11 is 5.56. The van der Waals surface area contributed by atoms with E-state index in [0.29, 0.717) is 0 Å². The molecule has 0 bridgehead atoms. The largest absolute Gasteiger partial charge is 0.483 e. The molecular weight excluding hydrogens is 196 g/mol. The van der Waals surface area contributed by atoms with Gasteiger partial charge in [0.1, 0.15) is 5.69 Å². The Bertz CT molecular complexity index is 304. The molecule has 5 nitrogen and oxygen atoms in total. The Morgan fingerprint density at radius 2 is 2.23 bits per heavy atom.